The topological polar surface area (TPSA) is 94.6 Å². The summed E-state index contributed by atoms with van der Waals surface area (Å²) in [4.78, 5) is 20.6. The molecule has 0 saturated carbocycles. The van der Waals surface area contributed by atoms with E-state index in [2.05, 4.69) is 24.8 Å². The van der Waals surface area contributed by atoms with Crippen molar-refractivity contribution in [2.24, 2.45) is 0 Å². The van der Waals surface area contributed by atoms with Gasteiger partial charge in [-0.2, -0.15) is 0 Å². The number of benzene rings is 1. The van der Waals surface area contributed by atoms with Gasteiger partial charge in [0.25, 0.3) is 0 Å². The van der Waals surface area contributed by atoms with Gasteiger partial charge in [-0.15, -0.1) is 0 Å². The van der Waals surface area contributed by atoms with Gasteiger partial charge in [-0.1, -0.05) is 0 Å². The third-order valence-corrected chi connectivity index (χ3v) is 5.27. The van der Waals surface area contributed by atoms with Gasteiger partial charge in [-0.25, -0.2) is 13.1 Å². The fourth-order valence-corrected chi connectivity index (χ4v) is 3.58. The molecular formula is C19H25N5O3S. The molecule has 2 N–H and O–H groups in total. The van der Waals surface area contributed by atoms with E-state index in [9.17, 15) is 13.2 Å². The summed E-state index contributed by atoms with van der Waals surface area (Å²) in [7, 11) is -3.27. The van der Waals surface area contributed by atoms with Gasteiger partial charge < -0.3 is 15.1 Å². The molecule has 0 unspecified atom stereocenters. The van der Waals surface area contributed by atoms with Crippen molar-refractivity contribution >= 4 is 33.0 Å². The molecule has 150 valence electrons. The van der Waals surface area contributed by atoms with Crippen LogP contribution in [0.15, 0.2) is 48.8 Å². The lowest BCUT2D eigenvalue weighted by Gasteiger charge is -2.37. The molecule has 0 spiro atoms. The van der Waals surface area contributed by atoms with Gasteiger partial charge in [-0.05, 0) is 36.4 Å². The van der Waals surface area contributed by atoms with E-state index in [1.54, 1.807) is 0 Å². The van der Waals surface area contributed by atoms with Crippen LogP contribution in [0.2, 0.25) is 0 Å². The normalized spacial score (nSPS) is 14.8. The molecule has 3 rings (SSSR count). The first-order valence-electron chi connectivity index (χ1n) is 9.15. The summed E-state index contributed by atoms with van der Waals surface area (Å²) in [5.41, 5.74) is 3.01. The average Bonchev–Trinajstić information content (AvgIpc) is 2.68. The van der Waals surface area contributed by atoms with Crippen molar-refractivity contribution in [3.8, 4) is 0 Å². The first-order valence-corrected chi connectivity index (χ1v) is 11.0. The first-order chi connectivity index (χ1) is 13.4. The van der Waals surface area contributed by atoms with Crippen LogP contribution in [0, 0.1) is 0 Å². The van der Waals surface area contributed by atoms with Gasteiger partial charge in [0.05, 0.1) is 6.26 Å². The van der Waals surface area contributed by atoms with Crippen LogP contribution in [0.1, 0.15) is 6.42 Å². The number of pyridine rings is 1. The van der Waals surface area contributed by atoms with E-state index >= 15 is 0 Å². The lowest BCUT2D eigenvalue weighted by atomic mass is 10.2. The minimum absolute atomic E-state index is 0.0878. The molecular weight excluding hydrogens is 378 g/mol. The molecule has 2 heterocycles. The molecule has 0 radical (unpaired) electrons. The molecule has 2 aromatic rings. The zero-order valence-corrected chi connectivity index (χ0v) is 16.7. The summed E-state index contributed by atoms with van der Waals surface area (Å²) in [6.45, 7) is 3.81. The van der Waals surface area contributed by atoms with E-state index in [4.69, 9.17) is 0 Å². The Balaban J connectivity index is 1.47. The smallest absolute Gasteiger partial charge is 0.225 e. The Morgan fingerprint density at radius 2 is 1.50 bits per heavy atom. The van der Waals surface area contributed by atoms with Gasteiger partial charge in [-0.3, -0.25) is 9.78 Å². The van der Waals surface area contributed by atoms with E-state index in [0.29, 0.717) is 5.69 Å². The Morgan fingerprint density at radius 3 is 2.04 bits per heavy atom. The fraction of sp³-hybridized carbons (Fsp3) is 0.368. The number of sulfonamides is 1. The summed E-state index contributed by atoms with van der Waals surface area (Å²) in [6, 6.07) is 11.8. The molecule has 1 aromatic carbocycles. The van der Waals surface area contributed by atoms with Gasteiger partial charge in [0, 0.05) is 68.6 Å². The number of rotatable bonds is 7. The van der Waals surface area contributed by atoms with Crippen molar-refractivity contribution in [1.82, 2.24) is 9.71 Å². The second-order valence-corrected chi connectivity index (χ2v) is 8.52. The highest BCUT2D eigenvalue weighted by molar-refractivity contribution is 7.88. The summed E-state index contributed by atoms with van der Waals surface area (Å²) in [5, 5.41) is 2.78. The number of piperazine rings is 1. The summed E-state index contributed by atoms with van der Waals surface area (Å²) >= 11 is 0. The predicted molar refractivity (Wildman–Crippen MR) is 111 cm³/mol. The molecule has 1 aliphatic heterocycles. The maximum atomic E-state index is 11.9. The minimum Gasteiger partial charge on any atom is -0.368 e. The molecule has 0 atom stereocenters. The van der Waals surface area contributed by atoms with E-state index in [-0.39, 0.29) is 18.9 Å². The molecule has 0 aliphatic carbocycles. The average molecular weight is 404 g/mol. The van der Waals surface area contributed by atoms with Gasteiger partial charge >= 0.3 is 0 Å². The SMILES string of the molecule is CS(=O)(=O)NCCC(=O)Nc1ccc(N2CCN(c3ccncc3)CC2)cc1. The zero-order chi connectivity index (χ0) is 20.0. The Bertz CT molecular complexity index is 880. The predicted octanol–water partition coefficient (Wildman–Crippen LogP) is 1.29. The molecule has 1 aliphatic rings. The maximum Gasteiger partial charge on any atom is 0.225 e. The number of nitrogens with one attached hydrogen (secondary N) is 2. The number of aromatic nitrogens is 1. The van der Waals surface area contributed by atoms with Crippen LogP contribution in [0.25, 0.3) is 0 Å². The number of amides is 1. The van der Waals surface area contributed by atoms with Crippen molar-refractivity contribution < 1.29 is 13.2 Å². The van der Waals surface area contributed by atoms with E-state index in [1.807, 2.05) is 48.8 Å². The Kier molecular flexibility index (Phi) is 6.48. The van der Waals surface area contributed by atoms with Crippen molar-refractivity contribution in [3.63, 3.8) is 0 Å². The second-order valence-electron chi connectivity index (χ2n) is 6.69. The number of anilines is 3. The summed E-state index contributed by atoms with van der Waals surface area (Å²) in [6.07, 6.45) is 4.78. The third-order valence-electron chi connectivity index (χ3n) is 4.54. The number of hydrogen-bond donors (Lipinski definition) is 2. The highest BCUT2D eigenvalue weighted by Crippen LogP contribution is 2.21. The molecule has 1 fully saturated rings. The van der Waals surface area contributed by atoms with Crippen molar-refractivity contribution in [2.45, 2.75) is 6.42 Å². The quantitative estimate of drug-likeness (QED) is 0.723. The van der Waals surface area contributed by atoms with Crippen LogP contribution in [-0.4, -0.2) is 58.3 Å². The van der Waals surface area contributed by atoms with Crippen LogP contribution in [0.4, 0.5) is 17.1 Å². The standard InChI is InChI=1S/C19H25N5O3S/c1-28(26,27)21-11-8-19(25)22-16-2-4-17(5-3-16)23-12-14-24(15-13-23)18-6-9-20-10-7-18/h2-7,9-10,21H,8,11-15H2,1H3,(H,22,25). The second kappa shape index (κ2) is 9.03. The first kappa shape index (κ1) is 20.1. The van der Waals surface area contributed by atoms with Crippen molar-refractivity contribution in [2.75, 3.05) is 54.1 Å². The number of nitrogens with zero attached hydrogens (tertiary/aromatic N) is 3. The summed E-state index contributed by atoms with van der Waals surface area (Å²) in [5.74, 6) is -0.227. The Morgan fingerprint density at radius 1 is 0.964 bits per heavy atom. The highest BCUT2D eigenvalue weighted by Gasteiger charge is 2.17. The van der Waals surface area contributed by atoms with E-state index in [1.165, 1.54) is 5.69 Å². The monoisotopic (exact) mass is 403 g/mol. The molecule has 9 heteroatoms. The van der Waals surface area contributed by atoms with Crippen molar-refractivity contribution in [1.29, 1.82) is 0 Å². The Labute approximate surface area is 165 Å². The third kappa shape index (κ3) is 5.93. The molecule has 8 nitrogen and oxygen atoms in total. The molecule has 1 amide bonds. The number of carbonyl (C=O) groups excluding carboxylic acids is 1. The number of carbonyl (C=O) groups is 1. The van der Waals surface area contributed by atoms with Crippen LogP contribution in [0.5, 0.6) is 0 Å². The number of hydrogen-bond acceptors (Lipinski definition) is 6. The minimum atomic E-state index is -3.27. The Hall–Kier alpha value is -2.65. The van der Waals surface area contributed by atoms with Crippen molar-refractivity contribution in [3.05, 3.63) is 48.8 Å². The largest absolute Gasteiger partial charge is 0.368 e. The highest BCUT2D eigenvalue weighted by atomic mass is 32.2. The van der Waals surface area contributed by atoms with Gasteiger partial charge in [0.1, 0.15) is 0 Å². The molecule has 0 bridgehead atoms. The van der Waals surface area contributed by atoms with E-state index < -0.39 is 10.0 Å². The van der Waals surface area contributed by atoms with Crippen LogP contribution < -0.4 is 19.8 Å². The van der Waals surface area contributed by atoms with Crippen LogP contribution in [-0.2, 0) is 14.8 Å². The van der Waals surface area contributed by atoms with Crippen LogP contribution in [0.3, 0.4) is 0 Å². The van der Waals surface area contributed by atoms with E-state index in [0.717, 1.165) is 38.1 Å². The molecule has 28 heavy (non-hydrogen) atoms. The maximum absolute atomic E-state index is 11.9. The van der Waals surface area contributed by atoms with Gasteiger partial charge in [0.15, 0.2) is 0 Å². The van der Waals surface area contributed by atoms with Gasteiger partial charge in [0.2, 0.25) is 15.9 Å². The van der Waals surface area contributed by atoms with Crippen LogP contribution >= 0.6 is 0 Å². The molecule has 1 aromatic heterocycles. The lowest BCUT2D eigenvalue weighted by Crippen LogP contribution is -2.46. The summed E-state index contributed by atoms with van der Waals surface area (Å²) < 4.78 is 24.3. The zero-order valence-electron chi connectivity index (χ0n) is 15.8. The lowest BCUT2D eigenvalue weighted by molar-refractivity contribution is -0.116. The fourth-order valence-electron chi connectivity index (χ4n) is 3.11. The molecule has 1 saturated heterocycles.